The molecule has 0 saturated heterocycles. The maximum atomic E-state index is 13.2. The molecule has 24 heavy (non-hydrogen) atoms. The molecule has 0 aliphatic carbocycles. The van der Waals surface area contributed by atoms with Gasteiger partial charge in [-0.05, 0) is 43.2 Å². The van der Waals surface area contributed by atoms with Gasteiger partial charge in [0, 0.05) is 4.47 Å². The number of phenols is 1. The minimum absolute atomic E-state index is 0.0817. The summed E-state index contributed by atoms with van der Waals surface area (Å²) in [6.07, 6.45) is 0. The molecule has 0 spiro atoms. The molecular weight excluding hydrogens is 376 g/mol. The zero-order valence-corrected chi connectivity index (χ0v) is 15.8. The van der Waals surface area contributed by atoms with E-state index in [0.29, 0.717) is 16.9 Å². The van der Waals surface area contributed by atoms with Gasteiger partial charge in [0.1, 0.15) is 5.75 Å². The van der Waals surface area contributed by atoms with Gasteiger partial charge in [-0.15, -0.1) is 0 Å². The van der Waals surface area contributed by atoms with Crippen molar-refractivity contribution in [1.29, 1.82) is 0 Å². The Kier molecular flexibility index (Phi) is 5.39. The van der Waals surface area contributed by atoms with Crippen molar-refractivity contribution in [3.8, 4) is 23.0 Å². The summed E-state index contributed by atoms with van der Waals surface area (Å²) in [5, 5.41) is 10.3. The van der Waals surface area contributed by atoms with Crippen LogP contribution in [0.15, 0.2) is 22.7 Å². The third kappa shape index (κ3) is 2.94. The number of carbonyl (C=O) groups excluding carboxylic acids is 1. The average Bonchev–Trinajstić information content (AvgIpc) is 2.57. The number of benzene rings is 2. The molecule has 0 radical (unpaired) electrons. The summed E-state index contributed by atoms with van der Waals surface area (Å²) in [6.45, 7) is 3.59. The number of ether oxygens (including phenoxy) is 3. The monoisotopic (exact) mass is 394 g/mol. The molecule has 0 heterocycles. The van der Waals surface area contributed by atoms with Gasteiger partial charge in [0.2, 0.25) is 11.5 Å². The van der Waals surface area contributed by atoms with Crippen LogP contribution in [0.1, 0.15) is 27.0 Å². The van der Waals surface area contributed by atoms with Gasteiger partial charge >= 0.3 is 0 Å². The van der Waals surface area contributed by atoms with Gasteiger partial charge in [0.05, 0.1) is 32.5 Å². The highest BCUT2D eigenvalue weighted by Gasteiger charge is 2.27. The average molecular weight is 395 g/mol. The van der Waals surface area contributed by atoms with Crippen molar-refractivity contribution in [1.82, 2.24) is 0 Å². The lowest BCUT2D eigenvalue weighted by Crippen LogP contribution is -2.11. The van der Waals surface area contributed by atoms with Crippen molar-refractivity contribution < 1.29 is 24.1 Å². The minimum atomic E-state index is -0.294. The van der Waals surface area contributed by atoms with E-state index in [0.717, 1.165) is 10.0 Å². The number of halogens is 1. The number of phenolic OH excluding ortho intramolecular Hbond substituents is 1. The lowest BCUT2D eigenvalue weighted by Gasteiger charge is -2.18. The van der Waals surface area contributed by atoms with Crippen LogP contribution in [0.5, 0.6) is 23.0 Å². The van der Waals surface area contributed by atoms with E-state index in [1.54, 1.807) is 19.1 Å². The van der Waals surface area contributed by atoms with Crippen LogP contribution >= 0.6 is 15.9 Å². The number of hydrogen-bond donors (Lipinski definition) is 1. The molecule has 5 nitrogen and oxygen atoms in total. The van der Waals surface area contributed by atoms with Crippen molar-refractivity contribution in [3.05, 3.63) is 44.9 Å². The van der Waals surface area contributed by atoms with E-state index in [2.05, 4.69) is 15.9 Å². The second kappa shape index (κ2) is 7.13. The zero-order chi connectivity index (χ0) is 18.0. The van der Waals surface area contributed by atoms with Gasteiger partial charge < -0.3 is 19.3 Å². The SMILES string of the molecule is COc1cc(C)c(C(=O)c2c(OC)ccc(Br)c2C)c(OC)c1O. The summed E-state index contributed by atoms with van der Waals surface area (Å²) in [5.41, 5.74) is 2.07. The Bertz CT molecular complexity index is 799. The molecule has 0 aliphatic heterocycles. The van der Waals surface area contributed by atoms with Crippen LogP contribution in [0, 0.1) is 13.8 Å². The summed E-state index contributed by atoms with van der Waals surface area (Å²) >= 11 is 3.43. The smallest absolute Gasteiger partial charge is 0.201 e. The topological polar surface area (TPSA) is 65.0 Å². The van der Waals surface area contributed by atoms with Gasteiger partial charge in [-0.3, -0.25) is 4.79 Å². The Hall–Kier alpha value is -2.21. The molecule has 0 aromatic heterocycles. The van der Waals surface area contributed by atoms with E-state index >= 15 is 0 Å². The fraction of sp³-hybridized carbons (Fsp3) is 0.278. The number of rotatable bonds is 5. The first-order valence-electron chi connectivity index (χ1n) is 7.19. The molecule has 0 atom stereocenters. The summed E-state index contributed by atoms with van der Waals surface area (Å²) in [5.74, 6) is 0.285. The van der Waals surface area contributed by atoms with Gasteiger partial charge in [-0.2, -0.15) is 0 Å². The van der Waals surface area contributed by atoms with Crippen molar-refractivity contribution in [3.63, 3.8) is 0 Å². The first kappa shape index (κ1) is 18.1. The Balaban J connectivity index is 2.77. The lowest BCUT2D eigenvalue weighted by molar-refractivity contribution is 0.103. The second-order valence-corrected chi connectivity index (χ2v) is 6.09. The largest absolute Gasteiger partial charge is 0.502 e. The Morgan fingerprint density at radius 3 is 2.17 bits per heavy atom. The Labute approximate surface area is 149 Å². The third-order valence-electron chi connectivity index (χ3n) is 3.88. The zero-order valence-electron chi connectivity index (χ0n) is 14.2. The Morgan fingerprint density at radius 1 is 1.00 bits per heavy atom. The third-order valence-corrected chi connectivity index (χ3v) is 4.74. The number of methoxy groups -OCH3 is 3. The fourth-order valence-corrected chi connectivity index (χ4v) is 2.95. The highest BCUT2D eigenvalue weighted by molar-refractivity contribution is 9.10. The molecule has 0 fully saturated rings. The molecule has 2 aromatic carbocycles. The predicted molar refractivity (Wildman–Crippen MR) is 94.8 cm³/mol. The van der Waals surface area contributed by atoms with Crippen molar-refractivity contribution >= 4 is 21.7 Å². The Morgan fingerprint density at radius 2 is 1.62 bits per heavy atom. The van der Waals surface area contributed by atoms with Gasteiger partial charge in [0.25, 0.3) is 0 Å². The number of carbonyl (C=O) groups is 1. The van der Waals surface area contributed by atoms with E-state index in [4.69, 9.17) is 14.2 Å². The van der Waals surface area contributed by atoms with Crippen LogP contribution in [0.25, 0.3) is 0 Å². The van der Waals surface area contributed by atoms with E-state index in [1.807, 2.05) is 13.0 Å². The van der Waals surface area contributed by atoms with Crippen LogP contribution < -0.4 is 14.2 Å². The van der Waals surface area contributed by atoms with Gasteiger partial charge in [-0.1, -0.05) is 15.9 Å². The van der Waals surface area contributed by atoms with Crippen molar-refractivity contribution in [2.75, 3.05) is 21.3 Å². The van der Waals surface area contributed by atoms with Gasteiger partial charge in [0.15, 0.2) is 11.5 Å². The molecule has 0 saturated carbocycles. The normalized spacial score (nSPS) is 10.4. The van der Waals surface area contributed by atoms with Crippen LogP contribution in [0.2, 0.25) is 0 Å². The van der Waals surface area contributed by atoms with Crippen LogP contribution in [-0.2, 0) is 0 Å². The molecule has 1 N–H and O–H groups in total. The number of aromatic hydroxyl groups is 1. The molecule has 0 unspecified atom stereocenters. The molecule has 0 bridgehead atoms. The molecule has 2 rings (SSSR count). The molecule has 0 aliphatic rings. The van der Waals surface area contributed by atoms with Gasteiger partial charge in [-0.25, -0.2) is 0 Å². The van der Waals surface area contributed by atoms with E-state index in [9.17, 15) is 9.90 Å². The van der Waals surface area contributed by atoms with E-state index < -0.39 is 0 Å². The highest BCUT2D eigenvalue weighted by atomic mass is 79.9. The van der Waals surface area contributed by atoms with Crippen LogP contribution in [-0.4, -0.2) is 32.2 Å². The van der Waals surface area contributed by atoms with Crippen molar-refractivity contribution in [2.45, 2.75) is 13.8 Å². The number of hydrogen-bond acceptors (Lipinski definition) is 5. The molecule has 128 valence electrons. The van der Waals surface area contributed by atoms with Crippen LogP contribution in [0.4, 0.5) is 0 Å². The lowest BCUT2D eigenvalue weighted by atomic mass is 9.93. The summed E-state index contributed by atoms with van der Waals surface area (Å²) < 4.78 is 16.5. The molecule has 0 amide bonds. The van der Waals surface area contributed by atoms with Crippen LogP contribution in [0.3, 0.4) is 0 Å². The van der Waals surface area contributed by atoms with E-state index in [-0.39, 0.29) is 28.6 Å². The number of ketones is 1. The quantitative estimate of drug-likeness (QED) is 0.775. The first-order chi connectivity index (χ1) is 11.4. The molecular formula is C18H19BrO5. The highest BCUT2D eigenvalue weighted by Crippen LogP contribution is 2.43. The van der Waals surface area contributed by atoms with Crippen molar-refractivity contribution in [2.24, 2.45) is 0 Å². The summed E-state index contributed by atoms with van der Waals surface area (Å²) in [6, 6.07) is 5.14. The fourth-order valence-electron chi connectivity index (χ4n) is 2.62. The van der Waals surface area contributed by atoms with E-state index in [1.165, 1.54) is 21.3 Å². The molecule has 2 aromatic rings. The maximum Gasteiger partial charge on any atom is 0.201 e. The summed E-state index contributed by atoms with van der Waals surface area (Å²) in [4.78, 5) is 13.2. The number of aryl methyl sites for hydroxylation is 1. The minimum Gasteiger partial charge on any atom is -0.502 e. The standard InChI is InChI=1S/C18H19BrO5/c1-9-8-13(23-4)16(20)18(24-5)14(9)17(21)15-10(2)11(19)6-7-12(15)22-3/h6-8,20H,1-5H3. The maximum absolute atomic E-state index is 13.2. The summed E-state index contributed by atoms with van der Waals surface area (Å²) in [7, 11) is 4.35. The predicted octanol–water partition coefficient (Wildman–Crippen LogP) is 4.03. The molecule has 6 heteroatoms. The first-order valence-corrected chi connectivity index (χ1v) is 7.98. The second-order valence-electron chi connectivity index (χ2n) is 5.23.